The Hall–Kier alpha value is -1.47. The lowest BCUT2D eigenvalue weighted by Crippen LogP contribution is -2.03. The Morgan fingerprint density at radius 3 is 2.60 bits per heavy atom. The van der Waals surface area contributed by atoms with E-state index in [0.29, 0.717) is 0 Å². The van der Waals surface area contributed by atoms with E-state index < -0.39 is 23.7 Å². The van der Waals surface area contributed by atoms with Gasteiger partial charge in [0.05, 0.1) is 6.54 Å². The van der Waals surface area contributed by atoms with Gasteiger partial charge in [0, 0.05) is 4.47 Å². The first-order valence-corrected chi connectivity index (χ1v) is 6.60. The monoisotopic (exact) mass is 364 g/mol. The Bertz CT molecular complexity index is 661. The molecule has 8 heteroatoms. The van der Waals surface area contributed by atoms with Gasteiger partial charge >= 0.3 is 5.97 Å². The van der Waals surface area contributed by atoms with Crippen LogP contribution in [0.15, 0.2) is 28.7 Å². The van der Waals surface area contributed by atoms with E-state index in [1.165, 1.54) is 0 Å². The molecule has 1 aromatic carbocycles. The summed E-state index contributed by atoms with van der Waals surface area (Å²) in [4.78, 5) is 11.0. The van der Waals surface area contributed by atoms with E-state index in [2.05, 4.69) is 21.0 Å². The first kappa shape index (κ1) is 14.9. The van der Waals surface area contributed by atoms with Crippen LogP contribution in [0.1, 0.15) is 28.0 Å². The van der Waals surface area contributed by atoms with Crippen molar-refractivity contribution in [2.75, 3.05) is 0 Å². The molecule has 20 heavy (non-hydrogen) atoms. The number of benzene rings is 1. The number of hydrogen-bond acceptors (Lipinski definition) is 2. The van der Waals surface area contributed by atoms with Crippen LogP contribution in [0.3, 0.4) is 0 Å². The van der Waals surface area contributed by atoms with Gasteiger partial charge < -0.3 is 5.11 Å². The zero-order chi connectivity index (χ0) is 14.9. The summed E-state index contributed by atoms with van der Waals surface area (Å²) in [5.74, 6) is -1.52. The van der Waals surface area contributed by atoms with E-state index in [4.69, 9.17) is 16.7 Å². The number of halogens is 4. The molecule has 0 fully saturated rings. The molecule has 0 amide bonds. The van der Waals surface area contributed by atoms with Gasteiger partial charge in [0.25, 0.3) is 6.43 Å². The summed E-state index contributed by atoms with van der Waals surface area (Å²) in [5.41, 5.74) is -0.738. The molecule has 2 rings (SSSR count). The van der Waals surface area contributed by atoms with Crippen molar-refractivity contribution in [1.82, 2.24) is 9.78 Å². The van der Waals surface area contributed by atoms with Crippen LogP contribution in [0.5, 0.6) is 0 Å². The summed E-state index contributed by atoms with van der Waals surface area (Å²) in [6.07, 6.45) is -3.00. The highest BCUT2D eigenvalue weighted by Crippen LogP contribution is 2.29. The molecule has 0 saturated heterocycles. The molecule has 1 heterocycles. The number of carboxylic acids is 1. The number of hydrogen-bond donors (Lipinski definition) is 1. The molecule has 2 aromatic rings. The van der Waals surface area contributed by atoms with Gasteiger partial charge in [-0.1, -0.05) is 45.7 Å². The maximum atomic E-state index is 12.8. The largest absolute Gasteiger partial charge is 0.478 e. The van der Waals surface area contributed by atoms with Gasteiger partial charge in [0.1, 0.15) is 16.4 Å². The lowest BCUT2D eigenvalue weighted by molar-refractivity contribution is 0.0684. The molecule has 0 aliphatic heterocycles. The minimum absolute atomic E-state index is 0.0905. The van der Waals surface area contributed by atoms with Crippen molar-refractivity contribution in [2.45, 2.75) is 13.0 Å². The minimum atomic E-state index is -3.00. The fourth-order valence-corrected chi connectivity index (χ4v) is 2.39. The number of alkyl halides is 2. The van der Waals surface area contributed by atoms with Gasteiger partial charge in [-0.25, -0.2) is 18.3 Å². The van der Waals surface area contributed by atoms with Gasteiger partial charge in [-0.3, -0.25) is 0 Å². The van der Waals surface area contributed by atoms with E-state index in [9.17, 15) is 13.6 Å². The molecule has 0 saturated carbocycles. The van der Waals surface area contributed by atoms with Crippen molar-refractivity contribution >= 4 is 33.5 Å². The standard InChI is InChI=1S/C12H8BrClF2N2O2/c13-7-4-2-1-3-6(7)5-18-10(14)8(12(19)20)9(17-18)11(15)16/h1-4,11H,5H2,(H,19,20). The summed E-state index contributed by atoms with van der Waals surface area (Å²) in [6.45, 7) is 0.0905. The molecule has 0 radical (unpaired) electrons. The Morgan fingerprint density at radius 1 is 1.45 bits per heavy atom. The van der Waals surface area contributed by atoms with Crippen molar-refractivity contribution in [1.29, 1.82) is 0 Å². The summed E-state index contributed by atoms with van der Waals surface area (Å²) in [7, 11) is 0. The Kier molecular flexibility index (Phi) is 4.39. The number of nitrogens with zero attached hydrogens (tertiary/aromatic N) is 2. The molecule has 1 N–H and O–H groups in total. The molecular weight excluding hydrogens is 357 g/mol. The Balaban J connectivity index is 2.46. The predicted molar refractivity (Wildman–Crippen MR) is 72.4 cm³/mol. The quantitative estimate of drug-likeness (QED) is 0.891. The first-order chi connectivity index (χ1) is 9.41. The van der Waals surface area contributed by atoms with Gasteiger partial charge in [-0.15, -0.1) is 0 Å². The van der Waals surface area contributed by atoms with Crippen LogP contribution in [0.25, 0.3) is 0 Å². The molecule has 0 aliphatic rings. The van der Waals surface area contributed by atoms with Gasteiger partial charge in [0.15, 0.2) is 0 Å². The fourth-order valence-electron chi connectivity index (χ4n) is 1.70. The van der Waals surface area contributed by atoms with Crippen molar-refractivity contribution in [3.63, 3.8) is 0 Å². The second kappa shape index (κ2) is 5.88. The average Bonchev–Trinajstić information content (AvgIpc) is 2.70. The third-order valence-electron chi connectivity index (χ3n) is 2.62. The van der Waals surface area contributed by atoms with Crippen molar-refractivity contribution in [3.8, 4) is 0 Å². The van der Waals surface area contributed by atoms with Gasteiger partial charge in [-0.2, -0.15) is 5.10 Å². The lowest BCUT2D eigenvalue weighted by atomic mass is 10.2. The number of rotatable bonds is 4. The lowest BCUT2D eigenvalue weighted by Gasteiger charge is -2.05. The summed E-state index contributed by atoms with van der Waals surface area (Å²) in [6, 6.07) is 7.10. The molecule has 0 bridgehead atoms. The molecule has 0 atom stereocenters. The summed E-state index contributed by atoms with van der Waals surface area (Å²) >= 11 is 9.15. The first-order valence-electron chi connectivity index (χ1n) is 5.43. The normalized spacial score (nSPS) is 11.1. The van der Waals surface area contributed by atoms with Crippen LogP contribution >= 0.6 is 27.5 Å². The van der Waals surface area contributed by atoms with E-state index >= 15 is 0 Å². The second-order valence-corrected chi connectivity index (χ2v) is 5.12. The zero-order valence-corrected chi connectivity index (χ0v) is 12.2. The smallest absolute Gasteiger partial charge is 0.341 e. The van der Waals surface area contributed by atoms with E-state index in [1.54, 1.807) is 24.3 Å². The van der Waals surface area contributed by atoms with Crippen LogP contribution in [0.2, 0.25) is 5.15 Å². The van der Waals surface area contributed by atoms with Crippen molar-refractivity contribution in [3.05, 3.63) is 50.7 Å². The van der Waals surface area contributed by atoms with E-state index in [0.717, 1.165) is 14.7 Å². The molecular formula is C12H8BrClF2N2O2. The topological polar surface area (TPSA) is 55.1 Å². The third-order valence-corrected chi connectivity index (χ3v) is 3.77. The molecule has 0 aliphatic carbocycles. The highest BCUT2D eigenvalue weighted by molar-refractivity contribution is 9.10. The Labute approximate surface area is 126 Å². The molecule has 1 aromatic heterocycles. The van der Waals surface area contributed by atoms with Crippen LogP contribution in [0, 0.1) is 0 Å². The summed E-state index contributed by atoms with van der Waals surface area (Å²) < 4.78 is 27.4. The van der Waals surface area contributed by atoms with Gasteiger partial charge in [-0.05, 0) is 11.6 Å². The number of carbonyl (C=O) groups is 1. The van der Waals surface area contributed by atoms with Crippen molar-refractivity contribution in [2.24, 2.45) is 0 Å². The SMILES string of the molecule is O=C(O)c1c(C(F)F)nn(Cc2ccccc2Br)c1Cl. The second-order valence-electron chi connectivity index (χ2n) is 3.91. The Morgan fingerprint density at radius 2 is 2.10 bits per heavy atom. The summed E-state index contributed by atoms with van der Waals surface area (Å²) in [5, 5.41) is 12.2. The zero-order valence-electron chi connectivity index (χ0n) is 9.86. The number of aromatic nitrogens is 2. The van der Waals surface area contributed by atoms with Crippen LogP contribution in [0.4, 0.5) is 8.78 Å². The van der Waals surface area contributed by atoms with Crippen LogP contribution in [-0.4, -0.2) is 20.9 Å². The predicted octanol–water partition coefficient (Wildman–Crippen LogP) is 3.98. The van der Waals surface area contributed by atoms with E-state index in [1.807, 2.05) is 0 Å². The number of carboxylic acid groups (broad SMARTS) is 1. The molecule has 4 nitrogen and oxygen atoms in total. The third kappa shape index (κ3) is 2.83. The maximum Gasteiger partial charge on any atom is 0.341 e. The van der Waals surface area contributed by atoms with Crippen LogP contribution < -0.4 is 0 Å². The molecule has 0 spiro atoms. The molecule has 106 valence electrons. The highest BCUT2D eigenvalue weighted by atomic mass is 79.9. The molecule has 0 unspecified atom stereocenters. The maximum absolute atomic E-state index is 12.8. The fraction of sp³-hybridized carbons (Fsp3) is 0.167. The average molecular weight is 366 g/mol. The number of aromatic carboxylic acids is 1. The minimum Gasteiger partial charge on any atom is -0.478 e. The highest BCUT2D eigenvalue weighted by Gasteiger charge is 2.28. The van der Waals surface area contributed by atoms with Gasteiger partial charge in [0.2, 0.25) is 0 Å². The van der Waals surface area contributed by atoms with Crippen LogP contribution in [-0.2, 0) is 6.54 Å². The van der Waals surface area contributed by atoms with E-state index in [-0.39, 0.29) is 11.7 Å². The van der Waals surface area contributed by atoms with Crippen molar-refractivity contribution < 1.29 is 18.7 Å².